The van der Waals surface area contributed by atoms with E-state index in [1.807, 2.05) is 32.0 Å². The Morgan fingerprint density at radius 3 is 2.54 bits per heavy atom. The number of nitrogens with two attached hydrogens (primary N) is 1. The molecule has 0 aliphatic carbocycles. The van der Waals surface area contributed by atoms with Crippen LogP contribution in [0.4, 0.5) is 0 Å². The van der Waals surface area contributed by atoms with Crippen LogP contribution in [-0.2, 0) is 0 Å². The zero-order valence-corrected chi connectivity index (χ0v) is 10.6. The quantitative estimate of drug-likeness (QED) is 0.658. The molecule has 0 bridgehead atoms. The standard InChI is InChI=1S/C10H13ClIN/c1-10(2,13)9(11)7-4-3-5-8(12)6-7/h3-6,9H,13H2,1-2H3. The summed E-state index contributed by atoms with van der Waals surface area (Å²) >= 11 is 8.49. The average Bonchev–Trinajstić information content (AvgIpc) is 2.01. The van der Waals surface area contributed by atoms with E-state index in [-0.39, 0.29) is 10.9 Å². The minimum Gasteiger partial charge on any atom is -0.324 e. The van der Waals surface area contributed by atoms with Gasteiger partial charge in [-0.3, -0.25) is 0 Å². The molecule has 0 aliphatic rings. The molecule has 0 fully saturated rings. The van der Waals surface area contributed by atoms with Gasteiger partial charge in [-0.25, -0.2) is 0 Å². The first-order valence-corrected chi connectivity index (χ1v) is 5.61. The lowest BCUT2D eigenvalue weighted by Crippen LogP contribution is -2.36. The van der Waals surface area contributed by atoms with Crippen LogP contribution in [0.15, 0.2) is 24.3 Å². The van der Waals surface area contributed by atoms with E-state index in [2.05, 4.69) is 28.7 Å². The van der Waals surface area contributed by atoms with Crippen molar-refractivity contribution in [2.45, 2.75) is 24.8 Å². The Hall–Kier alpha value is 0.200. The lowest BCUT2D eigenvalue weighted by Gasteiger charge is -2.25. The van der Waals surface area contributed by atoms with Crippen LogP contribution in [0.5, 0.6) is 0 Å². The highest BCUT2D eigenvalue weighted by atomic mass is 127. The van der Waals surface area contributed by atoms with E-state index in [9.17, 15) is 0 Å². The molecular weight excluding hydrogens is 296 g/mol. The molecule has 1 aromatic carbocycles. The molecule has 0 saturated carbocycles. The van der Waals surface area contributed by atoms with Gasteiger partial charge in [-0.2, -0.15) is 0 Å². The SMILES string of the molecule is CC(C)(N)C(Cl)c1cccc(I)c1. The van der Waals surface area contributed by atoms with Crippen molar-refractivity contribution in [3.63, 3.8) is 0 Å². The minimum absolute atomic E-state index is 0.137. The fourth-order valence-corrected chi connectivity index (χ4v) is 1.80. The Labute approximate surface area is 97.8 Å². The van der Waals surface area contributed by atoms with Gasteiger partial charge in [0.15, 0.2) is 0 Å². The molecule has 3 heteroatoms. The van der Waals surface area contributed by atoms with Gasteiger partial charge in [0.05, 0.1) is 5.38 Å². The van der Waals surface area contributed by atoms with E-state index >= 15 is 0 Å². The molecule has 0 heterocycles. The van der Waals surface area contributed by atoms with E-state index in [1.165, 1.54) is 3.57 Å². The molecule has 1 aromatic rings. The Balaban J connectivity index is 2.96. The van der Waals surface area contributed by atoms with Crippen molar-refractivity contribution in [1.29, 1.82) is 0 Å². The fraction of sp³-hybridized carbons (Fsp3) is 0.400. The highest BCUT2D eigenvalue weighted by Crippen LogP contribution is 2.30. The lowest BCUT2D eigenvalue weighted by molar-refractivity contribution is 0.499. The number of benzene rings is 1. The van der Waals surface area contributed by atoms with Crippen LogP contribution in [0.1, 0.15) is 24.8 Å². The van der Waals surface area contributed by atoms with E-state index < -0.39 is 0 Å². The van der Waals surface area contributed by atoms with Gasteiger partial charge in [-0.15, -0.1) is 11.6 Å². The van der Waals surface area contributed by atoms with Crippen molar-refractivity contribution in [1.82, 2.24) is 0 Å². The molecule has 0 aliphatic heterocycles. The Morgan fingerprint density at radius 2 is 2.08 bits per heavy atom. The van der Waals surface area contributed by atoms with Gasteiger partial charge >= 0.3 is 0 Å². The van der Waals surface area contributed by atoms with E-state index in [0.717, 1.165) is 5.56 Å². The second-order valence-corrected chi connectivity index (χ2v) is 5.42. The monoisotopic (exact) mass is 309 g/mol. The van der Waals surface area contributed by atoms with Crippen LogP contribution < -0.4 is 5.73 Å². The zero-order chi connectivity index (χ0) is 10.1. The van der Waals surface area contributed by atoms with Crippen molar-refractivity contribution in [2.75, 3.05) is 0 Å². The maximum atomic E-state index is 6.23. The largest absolute Gasteiger partial charge is 0.324 e. The maximum Gasteiger partial charge on any atom is 0.0759 e. The Bertz CT molecular complexity index is 293. The lowest BCUT2D eigenvalue weighted by atomic mass is 9.96. The predicted octanol–water partition coefficient (Wildman–Crippen LogP) is 3.31. The van der Waals surface area contributed by atoms with Crippen LogP contribution in [0.3, 0.4) is 0 Å². The van der Waals surface area contributed by atoms with Crippen molar-refractivity contribution in [3.05, 3.63) is 33.4 Å². The van der Waals surface area contributed by atoms with Gasteiger partial charge < -0.3 is 5.73 Å². The molecule has 13 heavy (non-hydrogen) atoms. The number of alkyl halides is 1. The summed E-state index contributed by atoms with van der Waals surface area (Å²) in [7, 11) is 0. The van der Waals surface area contributed by atoms with Crippen molar-refractivity contribution in [3.8, 4) is 0 Å². The molecule has 1 atom stereocenters. The van der Waals surface area contributed by atoms with Gasteiger partial charge in [0.25, 0.3) is 0 Å². The van der Waals surface area contributed by atoms with E-state index in [1.54, 1.807) is 0 Å². The first-order chi connectivity index (χ1) is 5.91. The van der Waals surface area contributed by atoms with Crippen LogP contribution in [-0.4, -0.2) is 5.54 Å². The van der Waals surface area contributed by atoms with Crippen LogP contribution in [0, 0.1) is 3.57 Å². The molecule has 0 aromatic heterocycles. The maximum absolute atomic E-state index is 6.23. The molecule has 1 nitrogen and oxygen atoms in total. The molecule has 0 radical (unpaired) electrons. The molecule has 0 saturated heterocycles. The summed E-state index contributed by atoms with van der Waals surface area (Å²) in [5.41, 5.74) is 6.63. The highest BCUT2D eigenvalue weighted by molar-refractivity contribution is 14.1. The topological polar surface area (TPSA) is 26.0 Å². The number of hydrogen-bond acceptors (Lipinski definition) is 1. The Kier molecular flexibility index (Phi) is 3.60. The van der Waals surface area contributed by atoms with Crippen LogP contribution >= 0.6 is 34.2 Å². The van der Waals surface area contributed by atoms with E-state index in [4.69, 9.17) is 17.3 Å². The molecule has 1 unspecified atom stereocenters. The zero-order valence-electron chi connectivity index (χ0n) is 7.72. The smallest absolute Gasteiger partial charge is 0.0759 e. The van der Waals surface area contributed by atoms with Gasteiger partial charge in [-0.1, -0.05) is 12.1 Å². The van der Waals surface area contributed by atoms with E-state index in [0.29, 0.717) is 0 Å². The summed E-state index contributed by atoms with van der Waals surface area (Å²) in [6.45, 7) is 3.87. The van der Waals surface area contributed by atoms with Crippen molar-refractivity contribution in [2.24, 2.45) is 5.73 Å². The van der Waals surface area contributed by atoms with Gasteiger partial charge in [0.1, 0.15) is 0 Å². The molecular formula is C10H13ClIN. The summed E-state index contributed by atoms with van der Waals surface area (Å²) in [6, 6.07) is 8.11. The molecule has 72 valence electrons. The summed E-state index contributed by atoms with van der Waals surface area (Å²) in [4.78, 5) is 0. The predicted molar refractivity (Wildman–Crippen MR) is 66.0 cm³/mol. The summed E-state index contributed by atoms with van der Waals surface area (Å²) in [5.74, 6) is 0. The molecule has 0 spiro atoms. The summed E-state index contributed by atoms with van der Waals surface area (Å²) in [5, 5.41) is -0.137. The number of hydrogen-bond donors (Lipinski definition) is 1. The van der Waals surface area contributed by atoms with Crippen molar-refractivity contribution >= 4 is 34.2 Å². The third-order valence-corrected chi connectivity index (χ3v) is 3.28. The average molecular weight is 310 g/mol. The van der Waals surface area contributed by atoms with Crippen molar-refractivity contribution < 1.29 is 0 Å². The first kappa shape index (κ1) is 11.3. The number of halogens is 2. The fourth-order valence-electron chi connectivity index (χ4n) is 1.09. The molecule has 2 N–H and O–H groups in total. The minimum atomic E-state index is -0.383. The second kappa shape index (κ2) is 4.15. The normalized spacial score (nSPS) is 14.2. The van der Waals surface area contributed by atoms with Crippen LogP contribution in [0.25, 0.3) is 0 Å². The molecule has 1 rings (SSSR count). The third kappa shape index (κ3) is 3.11. The van der Waals surface area contributed by atoms with Gasteiger partial charge in [-0.05, 0) is 54.1 Å². The summed E-state index contributed by atoms with van der Waals surface area (Å²) < 4.78 is 1.19. The van der Waals surface area contributed by atoms with Crippen LogP contribution in [0.2, 0.25) is 0 Å². The summed E-state index contributed by atoms with van der Waals surface area (Å²) in [6.07, 6.45) is 0. The highest BCUT2D eigenvalue weighted by Gasteiger charge is 2.24. The van der Waals surface area contributed by atoms with Gasteiger partial charge in [0.2, 0.25) is 0 Å². The van der Waals surface area contributed by atoms with Gasteiger partial charge in [0, 0.05) is 9.11 Å². The Morgan fingerprint density at radius 1 is 1.46 bits per heavy atom. The number of rotatable bonds is 2. The molecule has 0 amide bonds. The third-order valence-electron chi connectivity index (χ3n) is 1.79. The first-order valence-electron chi connectivity index (χ1n) is 4.09. The second-order valence-electron chi connectivity index (χ2n) is 3.74.